The van der Waals surface area contributed by atoms with Gasteiger partial charge in [0.25, 0.3) is 0 Å². The summed E-state index contributed by atoms with van der Waals surface area (Å²) in [5.74, 6) is -0.216. The molecule has 1 aliphatic carbocycles. The molecule has 18 heavy (non-hydrogen) atoms. The first-order valence-corrected chi connectivity index (χ1v) is 6.51. The number of rotatable bonds is 2. The van der Waals surface area contributed by atoms with Crippen LogP contribution in [-0.4, -0.2) is 12.6 Å². The molecule has 0 saturated carbocycles. The minimum absolute atomic E-state index is 0.216. The van der Waals surface area contributed by atoms with Crippen LogP contribution in [0.3, 0.4) is 0 Å². The van der Waals surface area contributed by atoms with Crippen molar-refractivity contribution in [3.63, 3.8) is 0 Å². The van der Waals surface area contributed by atoms with Crippen LogP contribution in [0.25, 0.3) is 10.8 Å². The Morgan fingerprint density at radius 2 is 2.06 bits per heavy atom. The van der Waals surface area contributed by atoms with Gasteiger partial charge in [-0.25, -0.2) is 4.79 Å². The second kappa shape index (κ2) is 4.45. The zero-order valence-electron chi connectivity index (χ0n) is 10.5. The fourth-order valence-corrected chi connectivity index (χ4v) is 2.81. The van der Waals surface area contributed by atoms with Gasteiger partial charge in [0, 0.05) is 0 Å². The molecule has 0 aliphatic heterocycles. The lowest BCUT2D eigenvalue weighted by molar-refractivity contribution is 0.0526. The normalized spacial score (nSPS) is 13.6. The van der Waals surface area contributed by atoms with Gasteiger partial charge in [0.1, 0.15) is 0 Å². The maximum absolute atomic E-state index is 11.8. The molecule has 0 spiro atoms. The first-order chi connectivity index (χ1) is 8.79. The quantitative estimate of drug-likeness (QED) is 0.751. The molecule has 2 aromatic rings. The Kier molecular flexibility index (Phi) is 2.78. The van der Waals surface area contributed by atoms with Crippen LogP contribution in [0.4, 0.5) is 0 Å². The van der Waals surface area contributed by atoms with Gasteiger partial charge in [-0.05, 0) is 60.2 Å². The Morgan fingerprint density at radius 3 is 2.89 bits per heavy atom. The van der Waals surface area contributed by atoms with Gasteiger partial charge in [-0.1, -0.05) is 18.2 Å². The number of carbonyl (C=O) groups is 1. The number of hydrogen-bond acceptors (Lipinski definition) is 2. The van der Waals surface area contributed by atoms with Crippen molar-refractivity contribution in [3.05, 3.63) is 47.0 Å². The zero-order chi connectivity index (χ0) is 12.5. The first-order valence-electron chi connectivity index (χ1n) is 6.51. The Morgan fingerprint density at radius 1 is 1.22 bits per heavy atom. The smallest absolute Gasteiger partial charge is 0.338 e. The fourth-order valence-electron chi connectivity index (χ4n) is 2.81. The third kappa shape index (κ3) is 1.78. The third-order valence-corrected chi connectivity index (χ3v) is 3.55. The highest BCUT2D eigenvalue weighted by molar-refractivity contribution is 5.98. The molecule has 0 aromatic heterocycles. The number of aryl methyl sites for hydroxylation is 2. The summed E-state index contributed by atoms with van der Waals surface area (Å²) >= 11 is 0. The molecule has 0 atom stereocenters. The van der Waals surface area contributed by atoms with Gasteiger partial charge in [-0.2, -0.15) is 0 Å². The second-order valence-electron chi connectivity index (χ2n) is 4.72. The van der Waals surface area contributed by atoms with Gasteiger partial charge in [0.05, 0.1) is 12.2 Å². The molecular formula is C16H16O2. The summed E-state index contributed by atoms with van der Waals surface area (Å²) in [7, 11) is 0. The standard InChI is InChI=1S/C16H16O2/c1-2-18-16(17)14-9-12-7-3-5-11-6-4-8-13(10-14)15(11)12/h3,5,7,9-10H,2,4,6,8H2,1H3. The highest BCUT2D eigenvalue weighted by atomic mass is 16.5. The first kappa shape index (κ1) is 11.3. The summed E-state index contributed by atoms with van der Waals surface area (Å²) in [5.41, 5.74) is 3.37. The SMILES string of the molecule is CCOC(=O)c1cc2c3c(cccc3c1)CCC2. The molecule has 0 radical (unpaired) electrons. The number of ether oxygens (including phenoxy) is 1. The molecule has 0 saturated heterocycles. The van der Waals surface area contributed by atoms with E-state index in [-0.39, 0.29) is 5.97 Å². The van der Waals surface area contributed by atoms with Crippen LogP contribution in [0, 0.1) is 0 Å². The number of hydrogen-bond donors (Lipinski definition) is 0. The van der Waals surface area contributed by atoms with Gasteiger partial charge in [0.15, 0.2) is 0 Å². The maximum atomic E-state index is 11.8. The molecule has 1 aliphatic rings. The van der Waals surface area contributed by atoms with Crippen molar-refractivity contribution in [1.82, 2.24) is 0 Å². The van der Waals surface area contributed by atoms with E-state index in [0.29, 0.717) is 12.2 Å². The van der Waals surface area contributed by atoms with Crippen LogP contribution in [0.5, 0.6) is 0 Å². The van der Waals surface area contributed by atoms with Gasteiger partial charge >= 0.3 is 5.97 Å². The van der Waals surface area contributed by atoms with Crippen molar-refractivity contribution in [1.29, 1.82) is 0 Å². The fraction of sp³-hybridized carbons (Fsp3) is 0.312. The van der Waals surface area contributed by atoms with Crippen LogP contribution in [0.1, 0.15) is 34.8 Å². The number of esters is 1. The van der Waals surface area contributed by atoms with E-state index >= 15 is 0 Å². The molecule has 0 unspecified atom stereocenters. The summed E-state index contributed by atoms with van der Waals surface area (Å²) < 4.78 is 5.09. The van der Waals surface area contributed by atoms with Crippen LogP contribution >= 0.6 is 0 Å². The number of benzene rings is 2. The predicted molar refractivity (Wildman–Crippen MR) is 71.9 cm³/mol. The summed E-state index contributed by atoms with van der Waals surface area (Å²) in [6.07, 6.45) is 3.36. The Balaban J connectivity index is 2.19. The van der Waals surface area contributed by atoms with Crippen molar-refractivity contribution < 1.29 is 9.53 Å². The van der Waals surface area contributed by atoms with E-state index in [4.69, 9.17) is 4.74 Å². The van der Waals surface area contributed by atoms with E-state index in [1.807, 2.05) is 19.1 Å². The molecule has 0 heterocycles. The summed E-state index contributed by atoms with van der Waals surface area (Å²) in [5, 5.41) is 2.50. The van der Waals surface area contributed by atoms with Gasteiger partial charge in [0.2, 0.25) is 0 Å². The van der Waals surface area contributed by atoms with Crippen molar-refractivity contribution in [3.8, 4) is 0 Å². The minimum Gasteiger partial charge on any atom is -0.462 e. The average molecular weight is 240 g/mol. The molecule has 0 amide bonds. The molecular weight excluding hydrogens is 224 g/mol. The lowest BCUT2D eigenvalue weighted by atomic mass is 9.87. The Labute approximate surface area is 107 Å². The van der Waals surface area contributed by atoms with Crippen molar-refractivity contribution in [2.45, 2.75) is 26.2 Å². The minimum atomic E-state index is -0.216. The Hall–Kier alpha value is -1.83. The largest absolute Gasteiger partial charge is 0.462 e. The average Bonchev–Trinajstić information content (AvgIpc) is 2.39. The van der Waals surface area contributed by atoms with Crippen molar-refractivity contribution in [2.75, 3.05) is 6.61 Å². The van der Waals surface area contributed by atoms with Crippen LogP contribution in [0.15, 0.2) is 30.3 Å². The van der Waals surface area contributed by atoms with Gasteiger partial charge in [-0.15, -0.1) is 0 Å². The lowest BCUT2D eigenvalue weighted by Crippen LogP contribution is -2.08. The van der Waals surface area contributed by atoms with Crippen LogP contribution in [-0.2, 0) is 17.6 Å². The monoisotopic (exact) mass is 240 g/mol. The van der Waals surface area contributed by atoms with Crippen LogP contribution in [0.2, 0.25) is 0 Å². The molecule has 2 heteroatoms. The summed E-state index contributed by atoms with van der Waals surface area (Å²) in [6, 6.07) is 10.3. The highest BCUT2D eigenvalue weighted by Gasteiger charge is 2.16. The molecule has 0 fully saturated rings. The second-order valence-corrected chi connectivity index (χ2v) is 4.72. The number of carbonyl (C=O) groups excluding carboxylic acids is 1. The molecule has 0 N–H and O–H groups in total. The molecule has 92 valence electrons. The maximum Gasteiger partial charge on any atom is 0.338 e. The topological polar surface area (TPSA) is 26.3 Å². The summed E-state index contributed by atoms with van der Waals surface area (Å²) in [4.78, 5) is 11.8. The van der Waals surface area contributed by atoms with E-state index in [1.54, 1.807) is 0 Å². The third-order valence-electron chi connectivity index (χ3n) is 3.55. The summed E-state index contributed by atoms with van der Waals surface area (Å²) in [6.45, 7) is 2.26. The molecule has 2 nitrogen and oxygen atoms in total. The van der Waals surface area contributed by atoms with E-state index in [1.165, 1.54) is 22.9 Å². The van der Waals surface area contributed by atoms with Crippen molar-refractivity contribution in [2.24, 2.45) is 0 Å². The van der Waals surface area contributed by atoms with E-state index in [0.717, 1.165) is 18.2 Å². The van der Waals surface area contributed by atoms with Gasteiger partial charge < -0.3 is 4.74 Å². The van der Waals surface area contributed by atoms with E-state index in [2.05, 4.69) is 18.2 Å². The van der Waals surface area contributed by atoms with E-state index < -0.39 is 0 Å². The van der Waals surface area contributed by atoms with Crippen LogP contribution < -0.4 is 0 Å². The molecule has 3 rings (SSSR count). The van der Waals surface area contributed by atoms with E-state index in [9.17, 15) is 4.79 Å². The predicted octanol–water partition coefficient (Wildman–Crippen LogP) is 3.51. The highest BCUT2D eigenvalue weighted by Crippen LogP contribution is 2.31. The molecule has 0 bridgehead atoms. The lowest BCUT2D eigenvalue weighted by Gasteiger charge is -2.18. The van der Waals surface area contributed by atoms with Gasteiger partial charge in [-0.3, -0.25) is 0 Å². The Bertz CT molecular complexity index is 614. The van der Waals surface area contributed by atoms with Crippen molar-refractivity contribution >= 4 is 16.7 Å². The molecule has 2 aromatic carbocycles. The zero-order valence-corrected chi connectivity index (χ0v) is 10.5.